The van der Waals surface area contributed by atoms with Crippen molar-refractivity contribution in [1.29, 1.82) is 0 Å². The third-order valence-electron chi connectivity index (χ3n) is 6.62. The van der Waals surface area contributed by atoms with E-state index in [-0.39, 0.29) is 23.8 Å². The molecule has 0 spiro atoms. The highest BCUT2D eigenvalue weighted by Gasteiger charge is 2.26. The molecule has 2 N–H and O–H groups in total. The fourth-order valence-electron chi connectivity index (χ4n) is 4.72. The zero-order chi connectivity index (χ0) is 21.6. The van der Waals surface area contributed by atoms with Crippen LogP contribution in [0.3, 0.4) is 0 Å². The van der Waals surface area contributed by atoms with Crippen LogP contribution >= 0.6 is 0 Å². The number of piperidine rings is 1. The molecule has 0 bridgehead atoms. The van der Waals surface area contributed by atoms with Crippen molar-refractivity contribution in [3.63, 3.8) is 0 Å². The quantitative estimate of drug-likeness (QED) is 0.741. The van der Waals surface area contributed by atoms with Gasteiger partial charge in [-0.2, -0.15) is 0 Å². The molecule has 0 aromatic heterocycles. The van der Waals surface area contributed by atoms with E-state index in [9.17, 15) is 9.59 Å². The Morgan fingerprint density at radius 3 is 2.45 bits per heavy atom. The van der Waals surface area contributed by atoms with E-state index < -0.39 is 0 Å². The van der Waals surface area contributed by atoms with Gasteiger partial charge in [0.05, 0.1) is 12.6 Å². The number of rotatable bonds is 6. The standard InChI is InChI=1S/C26H33N3O2/c1-19(22-12-11-20-7-5-6-8-23(20)17-22)27-25(30)18-29-15-13-21(14-16-29)26(31)28-24-9-3-2-4-10-24/h2-4,9-12,17,19,21H,5-8,13-16,18H2,1H3,(H,27,30)(H,28,31). The van der Waals surface area contributed by atoms with E-state index in [2.05, 4.69) is 40.7 Å². The summed E-state index contributed by atoms with van der Waals surface area (Å²) < 4.78 is 0. The minimum Gasteiger partial charge on any atom is -0.348 e. The fraction of sp³-hybridized carbons (Fsp3) is 0.462. The van der Waals surface area contributed by atoms with Crippen molar-refractivity contribution in [2.75, 3.05) is 25.0 Å². The molecule has 0 radical (unpaired) electrons. The number of benzene rings is 2. The summed E-state index contributed by atoms with van der Waals surface area (Å²) in [6, 6.07) is 16.3. The largest absolute Gasteiger partial charge is 0.348 e. The van der Waals surface area contributed by atoms with Crippen molar-refractivity contribution in [2.24, 2.45) is 5.92 Å². The second-order valence-electron chi connectivity index (χ2n) is 8.93. The molecule has 1 unspecified atom stereocenters. The predicted molar refractivity (Wildman–Crippen MR) is 124 cm³/mol. The average Bonchev–Trinajstić information content (AvgIpc) is 2.79. The maximum absolute atomic E-state index is 12.6. The lowest BCUT2D eigenvalue weighted by Crippen LogP contribution is -2.43. The van der Waals surface area contributed by atoms with Gasteiger partial charge in [-0.3, -0.25) is 14.5 Å². The summed E-state index contributed by atoms with van der Waals surface area (Å²) in [4.78, 5) is 27.3. The number of likely N-dealkylation sites (tertiary alicyclic amines) is 1. The van der Waals surface area contributed by atoms with Crippen LogP contribution in [0, 0.1) is 5.92 Å². The molecule has 2 aliphatic rings. The van der Waals surface area contributed by atoms with Crippen molar-refractivity contribution in [3.8, 4) is 0 Å². The number of para-hydroxylation sites is 1. The van der Waals surface area contributed by atoms with Gasteiger partial charge in [0.15, 0.2) is 0 Å². The lowest BCUT2D eigenvalue weighted by atomic mass is 9.89. The Labute approximate surface area is 185 Å². The highest BCUT2D eigenvalue weighted by Crippen LogP contribution is 2.25. The number of nitrogens with one attached hydrogen (secondary N) is 2. The van der Waals surface area contributed by atoms with Gasteiger partial charge in [-0.1, -0.05) is 36.4 Å². The molecular formula is C26H33N3O2. The number of carbonyl (C=O) groups excluding carboxylic acids is 2. The molecule has 5 heteroatoms. The van der Waals surface area contributed by atoms with Gasteiger partial charge in [0.25, 0.3) is 0 Å². The number of hydrogen-bond acceptors (Lipinski definition) is 3. The normalized spacial score (nSPS) is 18.1. The molecule has 2 aromatic carbocycles. The molecule has 0 saturated carbocycles. The zero-order valence-corrected chi connectivity index (χ0v) is 18.4. The molecule has 2 amide bonds. The van der Waals surface area contributed by atoms with Crippen molar-refractivity contribution >= 4 is 17.5 Å². The Morgan fingerprint density at radius 2 is 1.71 bits per heavy atom. The summed E-state index contributed by atoms with van der Waals surface area (Å²) in [5.41, 5.74) is 4.93. The van der Waals surface area contributed by atoms with Crippen LogP contribution in [0.5, 0.6) is 0 Å². The molecule has 1 heterocycles. The summed E-state index contributed by atoms with van der Waals surface area (Å²) in [5.74, 6) is 0.141. The minimum atomic E-state index is 0.00826. The Morgan fingerprint density at radius 1 is 1.00 bits per heavy atom. The van der Waals surface area contributed by atoms with Gasteiger partial charge >= 0.3 is 0 Å². The first kappa shape index (κ1) is 21.6. The fourth-order valence-corrected chi connectivity index (χ4v) is 4.72. The number of aryl methyl sites for hydroxylation is 2. The monoisotopic (exact) mass is 419 g/mol. The zero-order valence-electron chi connectivity index (χ0n) is 18.4. The highest BCUT2D eigenvalue weighted by atomic mass is 16.2. The molecule has 1 atom stereocenters. The second-order valence-corrected chi connectivity index (χ2v) is 8.93. The molecular weight excluding hydrogens is 386 g/mol. The highest BCUT2D eigenvalue weighted by molar-refractivity contribution is 5.92. The Kier molecular flexibility index (Phi) is 7.03. The Bertz CT molecular complexity index is 904. The number of hydrogen-bond donors (Lipinski definition) is 2. The first-order valence-electron chi connectivity index (χ1n) is 11.6. The van der Waals surface area contributed by atoms with Crippen LogP contribution in [0.4, 0.5) is 5.69 Å². The van der Waals surface area contributed by atoms with Crippen LogP contribution in [-0.2, 0) is 22.4 Å². The van der Waals surface area contributed by atoms with E-state index in [4.69, 9.17) is 0 Å². The predicted octanol–water partition coefficient (Wildman–Crippen LogP) is 4.09. The van der Waals surface area contributed by atoms with E-state index in [1.165, 1.54) is 36.0 Å². The van der Waals surface area contributed by atoms with E-state index >= 15 is 0 Å². The smallest absolute Gasteiger partial charge is 0.234 e. The Hall–Kier alpha value is -2.66. The number of amides is 2. The van der Waals surface area contributed by atoms with E-state index in [0.29, 0.717) is 6.54 Å². The molecule has 5 nitrogen and oxygen atoms in total. The molecule has 1 saturated heterocycles. The van der Waals surface area contributed by atoms with Crippen LogP contribution < -0.4 is 10.6 Å². The van der Waals surface area contributed by atoms with Gasteiger partial charge in [-0.15, -0.1) is 0 Å². The van der Waals surface area contributed by atoms with Crippen molar-refractivity contribution in [1.82, 2.24) is 10.2 Å². The minimum absolute atomic E-state index is 0.00826. The van der Waals surface area contributed by atoms with Crippen molar-refractivity contribution < 1.29 is 9.59 Å². The van der Waals surface area contributed by atoms with Gasteiger partial charge in [0.1, 0.15) is 0 Å². The summed E-state index contributed by atoms with van der Waals surface area (Å²) in [5, 5.41) is 6.15. The van der Waals surface area contributed by atoms with Gasteiger partial charge < -0.3 is 10.6 Å². The van der Waals surface area contributed by atoms with Gasteiger partial charge in [0.2, 0.25) is 11.8 Å². The molecule has 164 valence electrons. The summed E-state index contributed by atoms with van der Waals surface area (Å²) in [6.07, 6.45) is 6.44. The van der Waals surface area contributed by atoms with Gasteiger partial charge in [0, 0.05) is 11.6 Å². The van der Waals surface area contributed by atoms with E-state index in [1.54, 1.807) is 0 Å². The van der Waals surface area contributed by atoms with Crippen molar-refractivity contribution in [3.05, 3.63) is 65.2 Å². The summed E-state index contributed by atoms with van der Waals surface area (Å²) in [7, 11) is 0. The lowest BCUT2D eigenvalue weighted by molar-refractivity contribution is -0.124. The third kappa shape index (κ3) is 5.73. The molecule has 2 aromatic rings. The molecule has 1 aliphatic heterocycles. The van der Waals surface area contributed by atoms with Gasteiger partial charge in [-0.25, -0.2) is 0 Å². The van der Waals surface area contributed by atoms with Crippen LogP contribution in [0.1, 0.15) is 55.3 Å². The van der Waals surface area contributed by atoms with Crippen LogP contribution in [0.2, 0.25) is 0 Å². The first-order chi connectivity index (χ1) is 15.1. The number of nitrogens with zero attached hydrogens (tertiary/aromatic N) is 1. The average molecular weight is 420 g/mol. The maximum Gasteiger partial charge on any atom is 0.234 e. The number of carbonyl (C=O) groups is 2. The summed E-state index contributed by atoms with van der Waals surface area (Å²) in [6.45, 7) is 3.99. The molecule has 4 rings (SSSR count). The third-order valence-corrected chi connectivity index (χ3v) is 6.62. The van der Waals surface area contributed by atoms with Crippen LogP contribution in [0.15, 0.2) is 48.5 Å². The molecule has 1 aliphatic carbocycles. The van der Waals surface area contributed by atoms with Crippen LogP contribution in [-0.4, -0.2) is 36.3 Å². The van der Waals surface area contributed by atoms with E-state index in [0.717, 1.165) is 38.0 Å². The second kappa shape index (κ2) is 10.1. The first-order valence-corrected chi connectivity index (χ1v) is 11.6. The van der Waals surface area contributed by atoms with E-state index in [1.807, 2.05) is 30.3 Å². The number of fused-ring (bicyclic) bond motifs is 1. The van der Waals surface area contributed by atoms with Gasteiger partial charge in [-0.05, 0) is 87.4 Å². The topological polar surface area (TPSA) is 61.4 Å². The Balaban J connectivity index is 1.22. The number of anilines is 1. The molecule has 31 heavy (non-hydrogen) atoms. The SMILES string of the molecule is CC(NC(=O)CN1CCC(C(=O)Nc2ccccc2)CC1)c1ccc2c(c1)CCCC2. The van der Waals surface area contributed by atoms with Crippen molar-refractivity contribution in [2.45, 2.75) is 51.5 Å². The van der Waals surface area contributed by atoms with Crippen LogP contribution in [0.25, 0.3) is 0 Å². The summed E-state index contributed by atoms with van der Waals surface area (Å²) >= 11 is 0. The lowest BCUT2D eigenvalue weighted by Gasteiger charge is -2.31. The molecule has 1 fully saturated rings. The maximum atomic E-state index is 12.6.